The van der Waals surface area contributed by atoms with Gasteiger partial charge in [-0.3, -0.25) is 0 Å². The molecule has 2 nitrogen and oxygen atoms in total. The van der Waals surface area contributed by atoms with E-state index in [0.29, 0.717) is 5.57 Å². The number of carboxylic acid groups (broad SMARTS) is 1. The molecular weight excluding hydrogens is 262 g/mol. The summed E-state index contributed by atoms with van der Waals surface area (Å²) in [5.74, 6) is -0.853. The third-order valence-electron chi connectivity index (χ3n) is 1.48. The quantitative estimate of drug-likeness (QED) is 0.636. The Bertz CT molecular complexity index is 304. The van der Waals surface area contributed by atoms with Gasteiger partial charge in [-0.25, -0.2) is 0 Å². The Balaban J connectivity index is 3.05. The zero-order chi connectivity index (χ0) is 8.97. The van der Waals surface area contributed by atoms with Crippen LogP contribution < -0.4 is 0 Å². The second-order valence-corrected chi connectivity index (χ2v) is 3.20. The summed E-state index contributed by atoms with van der Waals surface area (Å²) < 4.78 is 1.72. The van der Waals surface area contributed by atoms with E-state index < -0.39 is 5.97 Å². The molecule has 0 aromatic heterocycles. The number of hydrogen-bond donors (Lipinski definition) is 1. The zero-order valence-corrected chi connectivity index (χ0v) is 9.69. The first kappa shape index (κ1) is 9.34. The zero-order valence-electron chi connectivity index (χ0n) is 6.40. The van der Waals surface area contributed by atoms with Crippen molar-refractivity contribution in [2.24, 2.45) is 0 Å². The van der Waals surface area contributed by atoms with E-state index in [1.54, 1.807) is 16.2 Å². The van der Waals surface area contributed by atoms with Gasteiger partial charge in [0.1, 0.15) is 0 Å². The van der Waals surface area contributed by atoms with Crippen molar-refractivity contribution in [1.82, 2.24) is 0 Å². The number of rotatable bonds is 2. The molecule has 0 unspecified atom stereocenters. The van der Waals surface area contributed by atoms with Gasteiger partial charge in [0.25, 0.3) is 0 Å². The van der Waals surface area contributed by atoms with Crippen LogP contribution in [-0.2, 0) is 4.79 Å². The van der Waals surface area contributed by atoms with Gasteiger partial charge >= 0.3 is 84.4 Å². The van der Waals surface area contributed by atoms with Gasteiger partial charge in [-0.05, 0) is 0 Å². The van der Waals surface area contributed by atoms with E-state index in [9.17, 15) is 4.79 Å². The molecule has 0 spiro atoms. The summed E-state index contributed by atoms with van der Waals surface area (Å²) >= 11 is 0.823. The molecule has 0 radical (unpaired) electrons. The SMILES string of the molecule is O=C(O)C(=[CH][SbH2])c1ccccc1. The number of carboxylic acids is 1. The molecule has 0 fully saturated rings. The first-order valence-electron chi connectivity index (χ1n) is 3.46. The van der Waals surface area contributed by atoms with Gasteiger partial charge < -0.3 is 0 Å². The van der Waals surface area contributed by atoms with Crippen LogP contribution in [0.3, 0.4) is 0 Å². The summed E-state index contributed by atoms with van der Waals surface area (Å²) in [4.78, 5) is 10.7. The predicted molar refractivity (Wildman–Crippen MR) is 50.6 cm³/mol. The third-order valence-corrected chi connectivity index (χ3v) is 2.43. The number of benzene rings is 1. The Morgan fingerprint density at radius 2 is 1.92 bits per heavy atom. The molecule has 0 bridgehead atoms. The fraction of sp³-hybridized carbons (Fsp3) is 0. The Morgan fingerprint density at radius 1 is 1.33 bits per heavy atom. The molecule has 0 aliphatic carbocycles. The van der Waals surface area contributed by atoms with Crippen molar-refractivity contribution < 1.29 is 9.90 Å². The van der Waals surface area contributed by atoms with Crippen molar-refractivity contribution in [2.75, 3.05) is 0 Å². The van der Waals surface area contributed by atoms with Crippen LogP contribution in [0.25, 0.3) is 5.57 Å². The maximum atomic E-state index is 10.7. The Kier molecular flexibility index (Phi) is 3.36. The molecule has 1 aromatic rings. The van der Waals surface area contributed by atoms with E-state index in [-0.39, 0.29) is 0 Å². The molecule has 62 valence electrons. The molecule has 0 aliphatic heterocycles. The molecule has 0 saturated carbocycles. The Labute approximate surface area is 84.4 Å². The van der Waals surface area contributed by atoms with Gasteiger partial charge in [-0.1, -0.05) is 0 Å². The summed E-state index contributed by atoms with van der Waals surface area (Å²) in [6, 6.07) is 9.15. The summed E-state index contributed by atoms with van der Waals surface area (Å²) in [6.45, 7) is 0. The molecule has 1 N–H and O–H groups in total. The molecule has 0 saturated heterocycles. The van der Waals surface area contributed by atoms with Gasteiger partial charge in [0.2, 0.25) is 0 Å². The van der Waals surface area contributed by atoms with Gasteiger partial charge in [-0.15, -0.1) is 0 Å². The third kappa shape index (κ3) is 2.11. The van der Waals surface area contributed by atoms with Crippen molar-refractivity contribution in [3.8, 4) is 0 Å². The average Bonchev–Trinajstić information content (AvgIpc) is 2.07. The molecule has 1 rings (SSSR count). The average molecular weight is 271 g/mol. The Morgan fingerprint density at radius 3 is 2.33 bits per heavy atom. The minimum atomic E-state index is -0.853. The van der Waals surface area contributed by atoms with Crippen molar-refractivity contribution in [2.45, 2.75) is 0 Å². The molecule has 0 atom stereocenters. The van der Waals surface area contributed by atoms with Gasteiger partial charge in [0, 0.05) is 0 Å². The summed E-state index contributed by atoms with van der Waals surface area (Å²) in [5.41, 5.74) is 1.18. The van der Waals surface area contributed by atoms with Crippen LogP contribution in [0, 0.1) is 0 Å². The van der Waals surface area contributed by atoms with E-state index in [2.05, 4.69) is 0 Å². The first-order chi connectivity index (χ1) is 5.75. The second kappa shape index (κ2) is 4.32. The molecule has 0 amide bonds. The van der Waals surface area contributed by atoms with Crippen LogP contribution in [0.4, 0.5) is 0 Å². The minimum absolute atomic E-state index is 0.401. The standard InChI is InChI=1S/C9H7O2.Sb.2H/c1-7(9(10)11)8-5-3-2-4-6-8;;;/h1-6H,(H,10,11);;;. The van der Waals surface area contributed by atoms with Crippen LogP contribution in [0.5, 0.6) is 0 Å². The molecule has 12 heavy (non-hydrogen) atoms. The van der Waals surface area contributed by atoms with E-state index in [1.165, 1.54) is 0 Å². The molecule has 0 heterocycles. The van der Waals surface area contributed by atoms with E-state index in [4.69, 9.17) is 5.11 Å². The predicted octanol–water partition coefficient (Wildman–Crippen LogP) is 0.745. The summed E-state index contributed by atoms with van der Waals surface area (Å²) in [7, 11) is 0. The van der Waals surface area contributed by atoms with E-state index >= 15 is 0 Å². The monoisotopic (exact) mass is 270 g/mol. The summed E-state index contributed by atoms with van der Waals surface area (Å²) in [5, 5.41) is 8.78. The van der Waals surface area contributed by atoms with Crippen LogP contribution >= 0.6 is 0 Å². The number of carbonyl (C=O) groups is 1. The van der Waals surface area contributed by atoms with Crippen LogP contribution in [-0.4, -0.2) is 34.1 Å². The van der Waals surface area contributed by atoms with Crippen LogP contribution in [0.15, 0.2) is 34.4 Å². The second-order valence-electron chi connectivity index (χ2n) is 2.25. The maximum absolute atomic E-state index is 10.7. The first-order valence-corrected chi connectivity index (χ1v) is 5.36. The fourth-order valence-corrected chi connectivity index (χ4v) is 1.86. The van der Waals surface area contributed by atoms with Crippen molar-refractivity contribution in [3.05, 3.63) is 39.9 Å². The molecule has 3 heteroatoms. The van der Waals surface area contributed by atoms with Crippen LogP contribution in [0.1, 0.15) is 5.56 Å². The van der Waals surface area contributed by atoms with E-state index in [0.717, 1.165) is 28.6 Å². The topological polar surface area (TPSA) is 37.3 Å². The molecular formula is C9H9O2Sb. The van der Waals surface area contributed by atoms with Gasteiger partial charge in [-0.2, -0.15) is 0 Å². The fourth-order valence-electron chi connectivity index (χ4n) is 0.909. The van der Waals surface area contributed by atoms with Crippen molar-refractivity contribution >= 4 is 34.6 Å². The van der Waals surface area contributed by atoms with E-state index in [1.807, 2.05) is 18.2 Å². The molecule has 1 aromatic carbocycles. The van der Waals surface area contributed by atoms with Crippen molar-refractivity contribution in [1.29, 1.82) is 0 Å². The van der Waals surface area contributed by atoms with Crippen LogP contribution in [0.2, 0.25) is 0 Å². The van der Waals surface area contributed by atoms with Gasteiger partial charge in [0.15, 0.2) is 0 Å². The number of hydrogen-bond acceptors (Lipinski definition) is 1. The normalized spacial score (nSPS) is 11.2. The van der Waals surface area contributed by atoms with Gasteiger partial charge in [0.05, 0.1) is 0 Å². The number of aliphatic carboxylic acids is 1. The van der Waals surface area contributed by atoms with Crippen molar-refractivity contribution in [3.63, 3.8) is 0 Å². The Hall–Kier alpha value is -0.752. The summed E-state index contributed by atoms with van der Waals surface area (Å²) in [6.07, 6.45) is 0. The molecule has 0 aliphatic rings.